The van der Waals surface area contributed by atoms with Gasteiger partial charge in [-0.2, -0.15) is 9.40 Å². The van der Waals surface area contributed by atoms with Gasteiger partial charge in [-0.15, -0.1) is 0 Å². The Labute approximate surface area is 189 Å². The number of hydrogen-bond acceptors (Lipinski definition) is 4. The van der Waals surface area contributed by atoms with Crippen molar-refractivity contribution in [1.29, 1.82) is 0 Å². The van der Waals surface area contributed by atoms with Gasteiger partial charge in [0.05, 0.1) is 11.7 Å². The number of aromatic nitrogens is 2. The Morgan fingerprint density at radius 2 is 1.75 bits per heavy atom. The van der Waals surface area contributed by atoms with Crippen LogP contribution < -0.4 is 5.32 Å². The molecule has 2 aliphatic rings. The SMILES string of the molecule is CC1(C)C=C(c2ccccc2)Nc2c(S(=O)(=O)N3CCC(Cc4ccccc4)C3)cnn21. The lowest BCUT2D eigenvalue weighted by atomic mass is 9.99. The van der Waals surface area contributed by atoms with Crippen molar-refractivity contribution in [1.82, 2.24) is 14.1 Å². The Bertz CT molecular complexity index is 1250. The molecule has 0 radical (unpaired) electrons. The molecule has 0 bridgehead atoms. The summed E-state index contributed by atoms with van der Waals surface area (Å²) in [5.74, 6) is 0.852. The van der Waals surface area contributed by atoms with E-state index >= 15 is 0 Å². The second-order valence-corrected chi connectivity index (χ2v) is 11.1. The van der Waals surface area contributed by atoms with E-state index in [0.29, 0.717) is 24.8 Å². The van der Waals surface area contributed by atoms with Crippen molar-refractivity contribution < 1.29 is 8.42 Å². The Morgan fingerprint density at radius 1 is 1.06 bits per heavy atom. The fourth-order valence-corrected chi connectivity index (χ4v) is 6.29. The minimum absolute atomic E-state index is 0.243. The summed E-state index contributed by atoms with van der Waals surface area (Å²) in [6.45, 7) is 5.15. The van der Waals surface area contributed by atoms with Gasteiger partial charge >= 0.3 is 0 Å². The molecule has 0 amide bonds. The van der Waals surface area contributed by atoms with Crippen molar-refractivity contribution in [3.05, 3.63) is 84.1 Å². The molecule has 0 aliphatic carbocycles. The van der Waals surface area contributed by atoms with Gasteiger partial charge in [0, 0.05) is 18.8 Å². The molecule has 2 aliphatic heterocycles. The van der Waals surface area contributed by atoms with Gasteiger partial charge in [-0.25, -0.2) is 13.1 Å². The number of nitrogens with one attached hydrogen (secondary N) is 1. The molecule has 7 heteroatoms. The van der Waals surface area contributed by atoms with Crippen molar-refractivity contribution >= 4 is 21.5 Å². The zero-order valence-corrected chi connectivity index (χ0v) is 19.2. The number of rotatable bonds is 5. The monoisotopic (exact) mass is 448 g/mol. The standard InChI is InChI=1S/C25H28N4O2S/c1-25(2)16-22(21-11-7-4-8-12-21)27-24-23(17-26-29(24)25)32(30,31)28-14-13-20(18-28)15-19-9-5-3-6-10-19/h3-12,16-17,20,27H,13-15,18H2,1-2H3. The van der Waals surface area contributed by atoms with E-state index < -0.39 is 15.6 Å². The Balaban J connectivity index is 1.42. The summed E-state index contributed by atoms with van der Waals surface area (Å²) in [5.41, 5.74) is 2.70. The van der Waals surface area contributed by atoms with Crippen molar-refractivity contribution in [3.63, 3.8) is 0 Å². The van der Waals surface area contributed by atoms with Crippen LogP contribution in [-0.4, -0.2) is 35.6 Å². The van der Waals surface area contributed by atoms with E-state index in [-0.39, 0.29) is 4.90 Å². The molecule has 3 heterocycles. The van der Waals surface area contributed by atoms with E-state index in [1.807, 2.05) is 62.4 Å². The Hall–Kier alpha value is -2.90. The summed E-state index contributed by atoms with van der Waals surface area (Å²) in [6.07, 6.45) is 5.34. The third-order valence-corrected chi connectivity index (χ3v) is 8.22. The first-order valence-corrected chi connectivity index (χ1v) is 12.5. The highest BCUT2D eigenvalue weighted by Crippen LogP contribution is 2.38. The first kappa shape index (κ1) is 21.0. The first-order valence-electron chi connectivity index (χ1n) is 11.0. The average molecular weight is 449 g/mol. The normalized spacial score (nSPS) is 20.4. The largest absolute Gasteiger partial charge is 0.339 e. The van der Waals surface area contributed by atoms with Gasteiger partial charge in [-0.05, 0) is 49.8 Å². The van der Waals surface area contributed by atoms with E-state index in [1.165, 1.54) is 11.8 Å². The third-order valence-electron chi connectivity index (χ3n) is 6.35. The molecule has 5 rings (SSSR count). The summed E-state index contributed by atoms with van der Waals surface area (Å²) < 4.78 is 30.7. The van der Waals surface area contributed by atoms with Gasteiger partial charge in [-0.3, -0.25) is 0 Å². The molecule has 166 valence electrons. The molecule has 1 saturated heterocycles. The molecule has 0 spiro atoms. The van der Waals surface area contributed by atoms with Crippen LogP contribution in [-0.2, 0) is 22.0 Å². The zero-order chi connectivity index (χ0) is 22.3. The number of fused-ring (bicyclic) bond motifs is 1. The van der Waals surface area contributed by atoms with Gasteiger partial charge in [0.15, 0.2) is 0 Å². The summed E-state index contributed by atoms with van der Waals surface area (Å²) in [4.78, 5) is 0.243. The third kappa shape index (κ3) is 3.76. The fraction of sp³-hybridized carbons (Fsp3) is 0.320. The lowest BCUT2D eigenvalue weighted by Crippen LogP contribution is -2.33. The molecule has 1 atom stereocenters. The van der Waals surface area contributed by atoms with E-state index in [4.69, 9.17) is 0 Å². The maximum atomic E-state index is 13.6. The molecular formula is C25H28N4O2S. The maximum absolute atomic E-state index is 13.6. The second-order valence-electron chi connectivity index (χ2n) is 9.18. The smallest absolute Gasteiger partial charge is 0.248 e. The summed E-state index contributed by atoms with van der Waals surface area (Å²) in [5, 5.41) is 7.82. The first-order chi connectivity index (χ1) is 15.3. The van der Waals surface area contributed by atoms with Crippen LogP contribution in [0.4, 0.5) is 5.82 Å². The highest BCUT2D eigenvalue weighted by atomic mass is 32.2. The van der Waals surface area contributed by atoms with E-state index in [0.717, 1.165) is 24.1 Å². The highest BCUT2D eigenvalue weighted by molar-refractivity contribution is 7.89. The fourth-order valence-electron chi connectivity index (χ4n) is 4.69. The molecule has 1 aromatic heterocycles. The lowest BCUT2D eigenvalue weighted by molar-refractivity contribution is 0.407. The van der Waals surface area contributed by atoms with Crippen LogP contribution in [0.2, 0.25) is 0 Å². The van der Waals surface area contributed by atoms with E-state index in [9.17, 15) is 8.42 Å². The van der Waals surface area contributed by atoms with Crippen LogP contribution in [0.5, 0.6) is 0 Å². The number of benzene rings is 2. The van der Waals surface area contributed by atoms with Crippen LogP contribution in [0.3, 0.4) is 0 Å². The second kappa shape index (κ2) is 7.90. The minimum Gasteiger partial charge on any atom is -0.339 e. The molecular weight excluding hydrogens is 420 g/mol. The van der Waals surface area contributed by atoms with Crippen LogP contribution in [0.25, 0.3) is 5.70 Å². The van der Waals surface area contributed by atoms with Crippen LogP contribution in [0.15, 0.2) is 77.8 Å². The van der Waals surface area contributed by atoms with Crippen molar-refractivity contribution in [2.75, 3.05) is 18.4 Å². The molecule has 1 unspecified atom stereocenters. The van der Waals surface area contributed by atoms with Crippen molar-refractivity contribution in [3.8, 4) is 0 Å². The van der Waals surface area contributed by atoms with Crippen molar-refractivity contribution in [2.45, 2.75) is 37.1 Å². The lowest BCUT2D eigenvalue weighted by Gasteiger charge is -2.31. The summed E-state index contributed by atoms with van der Waals surface area (Å²) in [7, 11) is -3.66. The Morgan fingerprint density at radius 3 is 2.47 bits per heavy atom. The molecule has 2 aromatic carbocycles. The minimum atomic E-state index is -3.66. The summed E-state index contributed by atoms with van der Waals surface area (Å²) >= 11 is 0. The molecule has 32 heavy (non-hydrogen) atoms. The van der Waals surface area contributed by atoms with E-state index in [1.54, 1.807) is 8.99 Å². The van der Waals surface area contributed by atoms with Gasteiger partial charge in [0.25, 0.3) is 0 Å². The van der Waals surface area contributed by atoms with Crippen LogP contribution in [0.1, 0.15) is 31.4 Å². The summed E-state index contributed by atoms with van der Waals surface area (Å²) in [6, 6.07) is 20.2. The predicted octanol–water partition coefficient (Wildman–Crippen LogP) is 4.34. The van der Waals surface area contributed by atoms with Crippen LogP contribution >= 0.6 is 0 Å². The van der Waals surface area contributed by atoms with Gasteiger partial charge in [-0.1, -0.05) is 60.7 Å². The van der Waals surface area contributed by atoms with Gasteiger partial charge < -0.3 is 5.32 Å². The van der Waals surface area contributed by atoms with E-state index in [2.05, 4.69) is 28.6 Å². The average Bonchev–Trinajstić information content (AvgIpc) is 3.43. The zero-order valence-electron chi connectivity index (χ0n) is 18.4. The maximum Gasteiger partial charge on any atom is 0.248 e. The molecule has 0 saturated carbocycles. The number of hydrogen-bond donors (Lipinski definition) is 1. The molecule has 1 fully saturated rings. The predicted molar refractivity (Wildman–Crippen MR) is 127 cm³/mol. The Kier molecular flexibility index (Phi) is 5.18. The molecule has 6 nitrogen and oxygen atoms in total. The van der Waals surface area contributed by atoms with Gasteiger partial charge in [0.1, 0.15) is 10.7 Å². The van der Waals surface area contributed by atoms with Crippen molar-refractivity contribution in [2.24, 2.45) is 5.92 Å². The van der Waals surface area contributed by atoms with Gasteiger partial charge in [0.2, 0.25) is 10.0 Å². The quantitative estimate of drug-likeness (QED) is 0.631. The molecule has 3 aromatic rings. The number of sulfonamides is 1. The number of allylic oxidation sites excluding steroid dienone is 1. The number of anilines is 1. The highest BCUT2D eigenvalue weighted by Gasteiger charge is 2.38. The molecule has 1 N–H and O–H groups in total. The van der Waals surface area contributed by atoms with Crippen LogP contribution in [0, 0.1) is 5.92 Å². The number of nitrogens with zero attached hydrogens (tertiary/aromatic N) is 3. The topological polar surface area (TPSA) is 67.2 Å².